The number of nitrogens with zero attached hydrogens (tertiary/aromatic N) is 3. The molecule has 94 valence electrons. The molecule has 1 saturated heterocycles. The van der Waals surface area contributed by atoms with Crippen LogP contribution in [-0.2, 0) is 0 Å². The quantitative estimate of drug-likeness (QED) is 0.823. The fourth-order valence-electron chi connectivity index (χ4n) is 2.41. The Bertz CT molecular complexity index is 377. The highest BCUT2D eigenvalue weighted by Crippen LogP contribution is 2.26. The van der Waals surface area contributed by atoms with E-state index in [0.717, 1.165) is 31.6 Å². The molecule has 1 aliphatic rings. The first-order valence-electron chi connectivity index (χ1n) is 6.04. The smallest absolute Gasteiger partial charge is 0.134 e. The zero-order chi connectivity index (χ0) is 12.4. The van der Waals surface area contributed by atoms with Crippen molar-refractivity contribution in [3.8, 4) is 0 Å². The minimum atomic E-state index is -0.357. The molecule has 0 aliphatic carbocycles. The normalized spacial score (nSPS) is 22.6. The number of aromatic nitrogens is 2. The molecule has 4 nitrogen and oxygen atoms in total. The molecule has 0 bridgehead atoms. The molecule has 2 rings (SSSR count). The lowest BCUT2D eigenvalue weighted by Gasteiger charge is -2.38. The van der Waals surface area contributed by atoms with E-state index in [1.807, 2.05) is 13.8 Å². The topological polar surface area (TPSA) is 49.2 Å². The second kappa shape index (κ2) is 5.19. The average molecular weight is 256 g/mol. The zero-order valence-corrected chi connectivity index (χ0v) is 11.0. The number of piperidine rings is 1. The highest BCUT2D eigenvalue weighted by atomic mass is 35.5. The van der Waals surface area contributed by atoms with Crippen molar-refractivity contribution in [1.82, 2.24) is 9.97 Å². The monoisotopic (exact) mass is 255 g/mol. The summed E-state index contributed by atoms with van der Waals surface area (Å²) in [5.41, 5.74) is 0. The fourth-order valence-corrected chi connectivity index (χ4v) is 2.63. The maximum atomic E-state index is 9.83. The maximum absolute atomic E-state index is 9.83. The van der Waals surface area contributed by atoms with Crippen LogP contribution in [0.2, 0.25) is 5.15 Å². The van der Waals surface area contributed by atoms with E-state index in [1.165, 1.54) is 0 Å². The molecule has 17 heavy (non-hydrogen) atoms. The number of anilines is 1. The predicted octanol–water partition coefficient (Wildman–Crippen LogP) is 2.18. The first kappa shape index (κ1) is 12.6. The van der Waals surface area contributed by atoms with E-state index in [0.29, 0.717) is 11.0 Å². The molecule has 2 atom stereocenters. The second-order valence-corrected chi connectivity index (χ2v) is 4.98. The van der Waals surface area contributed by atoms with Crippen LogP contribution < -0.4 is 4.90 Å². The Hall–Kier alpha value is -0.870. The number of rotatable bonds is 2. The van der Waals surface area contributed by atoms with Crippen LogP contribution in [0.3, 0.4) is 0 Å². The van der Waals surface area contributed by atoms with Crippen LogP contribution in [0, 0.1) is 6.92 Å². The number of hydrogen-bond acceptors (Lipinski definition) is 4. The van der Waals surface area contributed by atoms with Crippen LogP contribution in [0.5, 0.6) is 0 Å². The molecular weight excluding hydrogens is 238 g/mol. The van der Waals surface area contributed by atoms with Crippen LogP contribution in [0.4, 0.5) is 5.82 Å². The number of halogens is 1. The average Bonchev–Trinajstić information content (AvgIpc) is 2.27. The SMILES string of the molecule is Cc1nc(Cl)cc(N2CCCC[C@H]2[C@@H](C)O)n1. The number of aliphatic hydroxyl groups is 1. The van der Waals surface area contributed by atoms with Gasteiger partial charge in [0.25, 0.3) is 0 Å². The lowest BCUT2D eigenvalue weighted by atomic mass is 9.98. The maximum Gasteiger partial charge on any atom is 0.134 e. The molecule has 1 aromatic heterocycles. The van der Waals surface area contributed by atoms with Crippen molar-refractivity contribution in [1.29, 1.82) is 0 Å². The molecule has 2 heterocycles. The van der Waals surface area contributed by atoms with Gasteiger partial charge in [-0.15, -0.1) is 0 Å². The van der Waals surface area contributed by atoms with Gasteiger partial charge in [-0.1, -0.05) is 11.6 Å². The summed E-state index contributed by atoms with van der Waals surface area (Å²) in [4.78, 5) is 10.6. The molecule has 1 aliphatic heterocycles. The van der Waals surface area contributed by atoms with Gasteiger partial charge < -0.3 is 10.0 Å². The van der Waals surface area contributed by atoms with Gasteiger partial charge in [0, 0.05) is 12.6 Å². The molecule has 0 amide bonds. The van der Waals surface area contributed by atoms with E-state index in [-0.39, 0.29) is 12.1 Å². The summed E-state index contributed by atoms with van der Waals surface area (Å²) in [6.45, 7) is 4.58. The zero-order valence-electron chi connectivity index (χ0n) is 10.2. The Morgan fingerprint density at radius 1 is 1.47 bits per heavy atom. The van der Waals surface area contributed by atoms with E-state index in [1.54, 1.807) is 6.07 Å². The largest absolute Gasteiger partial charge is 0.391 e. The van der Waals surface area contributed by atoms with Crippen molar-refractivity contribution in [2.45, 2.75) is 45.3 Å². The summed E-state index contributed by atoms with van der Waals surface area (Å²) in [6.07, 6.45) is 2.93. The predicted molar refractivity (Wildman–Crippen MR) is 68.4 cm³/mol. The second-order valence-electron chi connectivity index (χ2n) is 4.59. The molecule has 0 spiro atoms. The molecule has 0 aromatic carbocycles. The minimum Gasteiger partial charge on any atom is -0.391 e. The first-order valence-corrected chi connectivity index (χ1v) is 6.41. The molecule has 0 saturated carbocycles. The van der Waals surface area contributed by atoms with Crippen molar-refractivity contribution in [3.63, 3.8) is 0 Å². The Morgan fingerprint density at radius 2 is 2.24 bits per heavy atom. The van der Waals surface area contributed by atoms with Crippen LogP contribution in [0.25, 0.3) is 0 Å². The number of aliphatic hydroxyl groups excluding tert-OH is 1. The van der Waals surface area contributed by atoms with Crippen LogP contribution >= 0.6 is 11.6 Å². The van der Waals surface area contributed by atoms with Gasteiger partial charge in [-0.3, -0.25) is 0 Å². The molecule has 1 aromatic rings. The van der Waals surface area contributed by atoms with E-state index in [4.69, 9.17) is 11.6 Å². The summed E-state index contributed by atoms with van der Waals surface area (Å²) in [7, 11) is 0. The van der Waals surface area contributed by atoms with Crippen molar-refractivity contribution in [3.05, 3.63) is 17.0 Å². The minimum absolute atomic E-state index is 0.133. The third-order valence-corrected chi connectivity index (χ3v) is 3.39. The lowest BCUT2D eigenvalue weighted by molar-refractivity contribution is 0.145. The van der Waals surface area contributed by atoms with Crippen molar-refractivity contribution in [2.75, 3.05) is 11.4 Å². The van der Waals surface area contributed by atoms with Gasteiger partial charge in [-0.25, -0.2) is 9.97 Å². The van der Waals surface area contributed by atoms with E-state index < -0.39 is 0 Å². The third kappa shape index (κ3) is 2.87. The van der Waals surface area contributed by atoms with E-state index in [9.17, 15) is 5.11 Å². The Balaban J connectivity index is 2.29. The van der Waals surface area contributed by atoms with Gasteiger partial charge in [0.1, 0.15) is 16.8 Å². The highest BCUT2D eigenvalue weighted by Gasteiger charge is 2.27. The lowest BCUT2D eigenvalue weighted by Crippen LogP contribution is -2.46. The summed E-state index contributed by atoms with van der Waals surface area (Å²) in [5.74, 6) is 1.50. The van der Waals surface area contributed by atoms with Gasteiger partial charge in [-0.05, 0) is 33.1 Å². The van der Waals surface area contributed by atoms with Gasteiger partial charge in [0.15, 0.2) is 0 Å². The molecule has 5 heteroatoms. The third-order valence-electron chi connectivity index (χ3n) is 3.19. The van der Waals surface area contributed by atoms with Crippen molar-refractivity contribution in [2.24, 2.45) is 0 Å². The molecule has 0 radical (unpaired) electrons. The van der Waals surface area contributed by atoms with E-state index >= 15 is 0 Å². The molecule has 1 fully saturated rings. The number of hydrogen-bond donors (Lipinski definition) is 1. The highest BCUT2D eigenvalue weighted by molar-refractivity contribution is 6.29. The summed E-state index contributed by atoms with van der Waals surface area (Å²) < 4.78 is 0. The van der Waals surface area contributed by atoms with Crippen molar-refractivity contribution >= 4 is 17.4 Å². The molecular formula is C12H18ClN3O. The van der Waals surface area contributed by atoms with Crippen LogP contribution in [0.1, 0.15) is 32.0 Å². The van der Waals surface area contributed by atoms with Gasteiger partial charge >= 0.3 is 0 Å². The van der Waals surface area contributed by atoms with Gasteiger partial charge in [-0.2, -0.15) is 0 Å². The number of aryl methyl sites for hydroxylation is 1. The summed E-state index contributed by atoms with van der Waals surface area (Å²) in [5, 5.41) is 10.3. The van der Waals surface area contributed by atoms with Gasteiger partial charge in [0.2, 0.25) is 0 Å². The summed E-state index contributed by atoms with van der Waals surface area (Å²) in [6, 6.07) is 1.91. The first-order chi connectivity index (χ1) is 8.08. The molecule has 0 unspecified atom stereocenters. The van der Waals surface area contributed by atoms with Crippen LogP contribution in [0.15, 0.2) is 6.07 Å². The Morgan fingerprint density at radius 3 is 2.88 bits per heavy atom. The standard InChI is InChI=1S/C12H18ClN3O/c1-8(17)10-5-3-4-6-16(10)12-7-11(13)14-9(2)15-12/h7-8,10,17H,3-6H2,1-2H3/t8-,10+/m1/s1. The fraction of sp³-hybridized carbons (Fsp3) is 0.667. The van der Waals surface area contributed by atoms with E-state index in [2.05, 4.69) is 14.9 Å². The molecule has 1 N–H and O–H groups in total. The van der Waals surface area contributed by atoms with Crippen LogP contribution in [-0.4, -0.2) is 33.8 Å². The summed E-state index contributed by atoms with van der Waals surface area (Å²) >= 11 is 5.96. The Kier molecular flexibility index (Phi) is 3.84. The van der Waals surface area contributed by atoms with Crippen molar-refractivity contribution < 1.29 is 5.11 Å². The van der Waals surface area contributed by atoms with Gasteiger partial charge in [0.05, 0.1) is 12.1 Å². The Labute approximate surface area is 107 Å².